The van der Waals surface area contributed by atoms with Crippen LogP contribution in [0.1, 0.15) is 25.3 Å². The van der Waals surface area contributed by atoms with Crippen LogP contribution in [0.4, 0.5) is 0 Å². The number of nitrogens with zero attached hydrogens (tertiary/aromatic N) is 1. The Hall–Kier alpha value is -1.89. The highest BCUT2D eigenvalue weighted by atomic mass is 32.2. The van der Waals surface area contributed by atoms with E-state index in [4.69, 9.17) is 0 Å². The summed E-state index contributed by atoms with van der Waals surface area (Å²) >= 11 is 0. The number of carbonyl (C=O) groups excluding carboxylic acids is 1. The summed E-state index contributed by atoms with van der Waals surface area (Å²) in [5, 5.41) is 2.85. The molecule has 1 heterocycles. The Balaban J connectivity index is 1.87. The second kappa shape index (κ2) is 4.59. The predicted octanol–water partition coefficient (Wildman–Crippen LogP) is 0.392. The van der Waals surface area contributed by atoms with E-state index in [-0.39, 0.29) is 22.7 Å². The first-order chi connectivity index (χ1) is 9.47. The molecule has 1 amide bonds. The van der Waals surface area contributed by atoms with Gasteiger partial charge in [0.25, 0.3) is 10.0 Å². The lowest BCUT2D eigenvalue weighted by molar-refractivity contribution is -0.122. The molecule has 1 aromatic carbocycles. The number of benzene rings is 1. The van der Waals surface area contributed by atoms with E-state index in [1.54, 1.807) is 25.1 Å². The van der Waals surface area contributed by atoms with Crippen LogP contribution in [0, 0.1) is 0 Å². The second-order valence-electron chi connectivity index (χ2n) is 5.04. The fourth-order valence-electron chi connectivity index (χ4n) is 2.03. The zero-order chi connectivity index (χ0) is 14.3. The molecule has 1 aliphatic heterocycles. The number of aliphatic imine (C=N–C) groups is 1. The number of nitrogens with one attached hydrogen (secondary N) is 2. The van der Waals surface area contributed by atoms with Crippen LogP contribution in [0.25, 0.3) is 0 Å². The number of sulfonamides is 1. The van der Waals surface area contributed by atoms with Gasteiger partial charge in [-0.1, -0.05) is 12.1 Å². The summed E-state index contributed by atoms with van der Waals surface area (Å²) in [4.78, 5) is 16.3. The highest BCUT2D eigenvalue weighted by Crippen LogP contribution is 2.23. The van der Waals surface area contributed by atoms with Gasteiger partial charge in [0.15, 0.2) is 0 Å². The van der Waals surface area contributed by atoms with Crippen molar-refractivity contribution >= 4 is 21.8 Å². The Labute approximate surface area is 117 Å². The largest absolute Gasteiger partial charge is 0.352 e. The van der Waals surface area contributed by atoms with Crippen molar-refractivity contribution in [3.8, 4) is 0 Å². The standard InChI is InChI=1S/C13H15N3O3S/c1-8(13(17)15-9-6-7-9)14-12-10-4-2-3-5-11(10)20(18,19)16-12/h2-5,8-9H,6-7H2,1H3,(H,14,16)(H,15,17). The van der Waals surface area contributed by atoms with Crippen LogP contribution >= 0.6 is 0 Å². The summed E-state index contributed by atoms with van der Waals surface area (Å²) in [6.45, 7) is 1.65. The van der Waals surface area contributed by atoms with Crippen LogP contribution in [-0.4, -0.2) is 32.2 Å². The molecule has 0 radical (unpaired) electrons. The Morgan fingerprint density at radius 2 is 2.10 bits per heavy atom. The normalized spacial score (nSPS) is 22.9. The molecular formula is C13H15N3O3S. The quantitative estimate of drug-likeness (QED) is 0.845. The third kappa shape index (κ3) is 2.40. The molecule has 0 bridgehead atoms. The molecule has 3 rings (SSSR count). The van der Waals surface area contributed by atoms with Gasteiger partial charge in [-0.25, -0.2) is 8.42 Å². The average Bonchev–Trinajstić information content (AvgIpc) is 3.17. The first-order valence-electron chi connectivity index (χ1n) is 6.48. The van der Waals surface area contributed by atoms with Gasteiger partial charge in [0, 0.05) is 11.6 Å². The minimum Gasteiger partial charge on any atom is -0.352 e. The lowest BCUT2D eigenvalue weighted by atomic mass is 10.2. The smallest absolute Gasteiger partial charge is 0.263 e. The van der Waals surface area contributed by atoms with E-state index < -0.39 is 16.1 Å². The van der Waals surface area contributed by atoms with Crippen molar-refractivity contribution in [1.82, 2.24) is 10.0 Å². The molecule has 106 valence electrons. The number of carbonyl (C=O) groups is 1. The van der Waals surface area contributed by atoms with E-state index in [1.165, 1.54) is 6.07 Å². The fourth-order valence-corrected chi connectivity index (χ4v) is 3.27. The molecule has 1 fully saturated rings. The van der Waals surface area contributed by atoms with Crippen LogP contribution in [0.5, 0.6) is 0 Å². The third-order valence-electron chi connectivity index (χ3n) is 3.29. The number of amidine groups is 1. The maximum Gasteiger partial charge on any atom is 0.263 e. The van der Waals surface area contributed by atoms with Crippen LogP contribution in [0.3, 0.4) is 0 Å². The molecular weight excluding hydrogens is 278 g/mol. The molecule has 7 heteroatoms. The van der Waals surface area contributed by atoms with Gasteiger partial charge in [0.2, 0.25) is 5.91 Å². The summed E-state index contributed by atoms with van der Waals surface area (Å²) in [6.07, 6.45) is 2.01. The number of hydrogen-bond acceptors (Lipinski definition) is 4. The first-order valence-corrected chi connectivity index (χ1v) is 7.96. The van der Waals surface area contributed by atoms with E-state index in [2.05, 4.69) is 15.0 Å². The Kier molecular flexibility index (Phi) is 3.01. The second-order valence-corrected chi connectivity index (χ2v) is 6.69. The minimum absolute atomic E-state index is 0.177. The molecule has 1 aliphatic carbocycles. The van der Waals surface area contributed by atoms with Crippen molar-refractivity contribution < 1.29 is 13.2 Å². The van der Waals surface area contributed by atoms with Crippen molar-refractivity contribution in [2.75, 3.05) is 0 Å². The minimum atomic E-state index is -3.55. The molecule has 1 saturated carbocycles. The van der Waals surface area contributed by atoms with Crippen molar-refractivity contribution in [2.45, 2.75) is 36.7 Å². The van der Waals surface area contributed by atoms with Gasteiger partial charge in [-0.2, -0.15) is 0 Å². The summed E-state index contributed by atoms with van der Waals surface area (Å²) in [5.74, 6) is 0.0580. The molecule has 20 heavy (non-hydrogen) atoms. The van der Waals surface area contributed by atoms with E-state index in [0.29, 0.717) is 5.56 Å². The van der Waals surface area contributed by atoms with E-state index in [0.717, 1.165) is 12.8 Å². The van der Waals surface area contributed by atoms with E-state index in [1.807, 2.05) is 0 Å². The van der Waals surface area contributed by atoms with Crippen LogP contribution in [0.15, 0.2) is 34.2 Å². The molecule has 1 atom stereocenters. The average molecular weight is 293 g/mol. The fraction of sp³-hybridized carbons (Fsp3) is 0.385. The van der Waals surface area contributed by atoms with E-state index >= 15 is 0 Å². The molecule has 0 saturated heterocycles. The Morgan fingerprint density at radius 1 is 1.40 bits per heavy atom. The number of rotatable bonds is 3. The molecule has 0 spiro atoms. The van der Waals surface area contributed by atoms with Crippen molar-refractivity contribution in [3.63, 3.8) is 0 Å². The molecule has 2 aliphatic rings. The van der Waals surface area contributed by atoms with Gasteiger partial charge in [0.05, 0.1) is 4.90 Å². The van der Waals surface area contributed by atoms with Gasteiger partial charge < -0.3 is 5.32 Å². The van der Waals surface area contributed by atoms with Gasteiger partial charge in [-0.15, -0.1) is 0 Å². The van der Waals surface area contributed by atoms with Crippen molar-refractivity contribution in [2.24, 2.45) is 4.99 Å². The highest BCUT2D eigenvalue weighted by Gasteiger charge is 2.31. The maximum absolute atomic E-state index is 11.9. The Morgan fingerprint density at radius 3 is 2.80 bits per heavy atom. The predicted molar refractivity (Wildman–Crippen MR) is 73.9 cm³/mol. The zero-order valence-electron chi connectivity index (χ0n) is 11.0. The van der Waals surface area contributed by atoms with Crippen LogP contribution < -0.4 is 10.0 Å². The summed E-state index contributed by atoms with van der Waals surface area (Å²) in [5.41, 5.74) is 0.513. The van der Waals surface area contributed by atoms with Crippen LogP contribution in [0.2, 0.25) is 0 Å². The molecule has 1 unspecified atom stereocenters. The lowest BCUT2D eigenvalue weighted by Crippen LogP contribution is -2.35. The van der Waals surface area contributed by atoms with E-state index in [9.17, 15) is 13.2 Å². The summed E-state index contributed by atoms with van der Waals surface area (Å²) in [7, 11) is -3.55. The maximum atomic E-state index is 11.9. The van der Waals surface area contributed by atoms with Gasteiger partial charge in [-0.3, -0.25) is 14.5 Å². The number of hydrogen-bond donors (Lipinski definition) is 2. The van der Waals surface area contributed by atoms with Gasteiger partial charge in [0.1, 0.15) is 11.9 Å². The van der Waals surface area contributed by atoms with Gasteiger partial charge in [-0.05, 0) is 31.9 Å². The first kappa shape index (κ1) is 13.1. The van der Waals surface area contributed by atoms with Crippen LogP contribution in [-0.2, 0) is 14.8 Å². The Bertz CT molecular complexity index is 693. The summed E-state index contributed by atoms with van der Waals surface area (Å²) < 4.78 is 26.2. The molecule has 2 N–H and O–H groups in total. The topological polar surface area (TPSA) is 87.6 Å². The van der Waals surface area contributed by atoms with Gasteiger partial charge >= 0.3 is 0 Å². The molecule has 0 aromatic heterocycles. The third-order valence-corrected chi connectivity index (χ3v) is 4.69. The molecule has 1 aromatic rings. The lowest BCUT2D eigenvalue weighted by Gasteiger charge is -2.08. The SMILES string of the molecule is CC(N=C1NS(=O)(=O)c2ccccc21)C(=O)NC1CC1. The number of fused-ring (bicyclic) bond motifs is 1. The number of amides is 1. The monoisotopic (exact) mass is 293 g/mol. The van der Waals surface area contributed by atoms with Crippen molar-refractivity contribution in [3.05, 3.63) is 29.8 Å². The summed E-state index contributed by atoms with van der Waals surface area (Å²) in [6, 6.07) is 6.24. The molecule has 6 nitrogen and oxygen atoms in total. The highest BCUT2D eigenvalue weighted by molar-refractivity contribution is 7.90. The van der Waals surface area contributed by atoms with Crippen molar-refractivity contribution in [1.29, 1.82) is 0 Å². The zero-order valence-corrected chi connectivity index (χ0v) is 11.8.